The number of halogens is 1. The number of rotatable bonds is 4. The summed E-state index contributed by atoms with van der Waals surface area (Å²) in [6.07, 6.45) is 1.46. The van der Waals surface area contributed by atoms with E-state index in [9.17, 15) is 9.59 Å². The summed E-state index contributed by atoms with van der Waals surface area (Å²) in [5.74, 6) is -1.74. The molecule has 0 fully saturated rings. The lowest BCUT2D eigenvalue weighted by molar-refractivity contribution is -0.152. The minimum absolute atomic E-state index is 0.155. The quantitative estimate of drug-likeness (QED) is 0.502. The number of hydrogen-bond acceptors (Lipinski definition) is 5. The standard InChI is InChI=1S/C12H16BrN3O3/c1-4-19-12(18)11(17)16-9-6-14-10(13)5-8(9)15-7(2)3/h5-7H,4H2,1-3H3,(H,14,15)(H,16,17). The molecule has 0 aliphatic heterocycles. The maximum atomic E-state index is 11.6. The number of carbonyl (C=O) groups is 2. The Bertz CT molecular complexity index is 477. The van der Waals surface area contributed by atoms with E-state index in [1.807, 2.05) is 13.8 Å². The first-order valence-electron chi connectivity index (χ1n) is 5.84. The third kappa shape index (κ3) is 4.86. The van der Waals surface area contributed by atoms with Gasteiger partial charge in [-0.05, 0) is 42.8 Å². The van der Waals surface area contributed by atoms with Crippen molar-refractivity contribution in [3.05, 3.63) is 16.9 Å². The first-order valence-corrected chi connectivity index (χ1v) is 6.63. The maximum absolute atomic E-state index is 11.6. The molecule has 1 amide bonds. The number of anilines is 2. The molecular weight excluding hydrogens is 314 g/mol. The third-order valence-electron chi connectivity index (χ3n) is 2.02. The van der Waals surface area contributed by atoms with E-state index in [0.29, 0.717) is 16.0 Å². The summed E-state index contributed by atoms with van der Waals surface area (Å²) < 4.78 is 5.25. The average molecular weight is 330 g/mol. The van der Waals surface area contributed by atoms with Crippen LogP contribution in [-0.4, -0.2) is 29.5 Å². The number of pyridine rings is 1. The minimum atomic E-state index is -0.916. The van der Waals surface area contributed by atoms with E-state index in [1.165, 1.54) is 6.20 Å². The molecule has 1 aromatic rings. The second-order valence-corrected chi connectivity index (χ2v) is 4.84. The van der Waals surface area contributed by atoms with Crippen molar-refractivity contribution >= 4 is 39.2 Å². The van der Waals surface area contributed by atoms with Crippen molar-refractivity contribution < 1.29 is 14.3 Å². The average Bonchev–Trinajstić information content (AvgIpc) is 2.32. The molecule has 2 N–H and O–H groups in total. The van der Waals surface area contributed by atoms with E-state index in [1.54, 1.807) is 13.0 Å². The van der Waals surface area contributed by atoms with Crippen LogP contribution >= 0.6 is 15.9 Å². The van der Waals surface area contributed by atoms with Crippen molar-refractivity contribution in [3.63, 3.8) is 0 Å². The lowest BCUT2D eigenvalue weighted by Crippen LogP contribution is -2.26. The zero-order chi connectivity index (χ0) is 14.4. The Labute approximate surface area is 120 Å². The summed E-state index contributed by atoms with van der Waals surface area (Å²) in [5, 5.41) is 5.62. The molecule has 0 aliphatic carbocycles. The van der Waals surface area contributed by atoms with Crippen LogP contribution in [0, 0.1) is 0 Å². The Kier molecular flexibility index (Phi) is 5.75. The summed E-state index contributed by atoms with van der Waals surface area (Å²) >= 11 is 3.25. The van der Waals surface area contributed by atoms with E-state index in [0.717, 1.165) is 0 Å². The fourth-order valence-corrected chi connectivity index (χ4v) is 1.66. The number of nitrogens with zero attached hydrogens (tertiary/aromatic N) is 1. The van der Waals surface area contributed by atoms with Crippen molar-refractivity contribution in [2.75, 3.05) is 17.2 Å². The third-order valence-corrected chi connectivity index (χ3v) is 2.46. The highest BCUT2D eigenvalue weighted by atomic mass is 79.9. The summed E-state index contributed by atoms with van der Waals surface area (Å²) in [7, 11) is 0. The molecule has 0 aromatic carbocycles. The lowest BCUT2D eigenvalue weighted by atomic mass is 10.3. The summed E-state index contributed by atoms with van der Waals surface area (Å²) in [4.78, 5) is 26.9. The highest BCUT2D eigenvalue weighted by Crippen LogP contribution is 2.24. The van der Waals surface area contributed by atoms with E-state index >= 15 is 0 Å². The van der Waals surface area contributed by atoms with Crippen LogP contribution in [0.4, 0.5) is 11.4 Å². The molecule has 0 spiro atoms. The van der Waals surface area contributed by atoms with Gasteiger partial charge in [0.25, 0.3) is 0 Å². The van der Waals surface area contributed by atoms with Gasteiger partial charge in [-0.3, -0.25) is 4.79 Å². The number of carbonyl (C=O) groups excluding carboxylic acids is 2. The molecule has 19 heavy (non-hydrogen) atoms. The van der Waals surface area contributed by atoms with Gasteiger partial charge in [0.15, 0.2) is 0 Å². The van der Waals surface area contributed by atoms with Crippen LogP contribution in [0.3, 0.4) is 0 Å². The van der Waals surface area contributed by atoms with E-state index in [4.69, 9.17) is 0 Å². The van der Waals surface area contributed by atoms with E-state index in [2.05, 4.69) is 36.3 Å². The Morgan fingerprint density at radius 3 is 2.68 bits per heavy atom. The van der Waals surface area contributed by atoms with Gasteiger partial charge < -0.3 is 15.4 Å². The van der Waals surface area contributed by atoms with Crippen LogP contribution in [0.5, 0.6) is 0 Å². The number of amides is 1. The second kappa shape index (κ2) is 7.08. The first-order chi connectivity index (χ1) is 8.93. The Morgan fingerprint density at radius 2 is 2.11 bits per heavy atom. The number of ether oxygens (including phenoxy) is 1. The topological polar surface area (TPSA) is 80.3 Å². The minimum Gasteiger partial charge on any atom is -0.459 e. The van der Waals surface area contributed by atoms with Crippen LogP contribution < -0.4 is 10.6 Å². The van der Waals surface area contributed by atoms with Gasteiger partial charge >= 0.3 is 11.9 Å². The molecule has 0 saturated heterocycles. The Balaban J connectivity index is 2.88. The fourth-order valence-electron chi connectivity index (χ4n) is 1.33. The van der Waals surface area contributed by atoms with Crippen molar-refractivity contribution in [1.29, 1.82) is 0 Å². The monoisotopic (exact) mass is 329 g/mol. The van der Waals surface area contributed by atoms with E-state index < -0.39 is 11.9 Å². The number of aromatic nitrogens is 1. The molecule has 1 rings (SSSR count). The van der Waals surface area contributed by atoms with Crippen LogP contribution in [0.2, 0.25) is 0 Å². The second-order valence-electron chi connectivity index (χ2n) is 4.03. The molecule has 104 valence electrons. The van der Waals surface area contributed by atoms with Crippen LogP contribution in [0.1, 0.15) is 20.8 Å². The highest BCUT2D eigenvalue weighted by molar-refractivity contribution is 9.10. The molecule has 0 unspecified atom stereocenters. The number of nitrogens with one attached hydrogen (secondary N) is 2. The van der Waals surface area contributed by atoms with Gasteiger partial charge in [0, 0.05) is 6.04 Å². The van der Waals surface area contributed by atoms with Gasteiger partial charge in [0.2, 0.25) is 0 Å². The molecule has 0 atom stereocenters. The molecule has 0 aliphatic rings. The molecule has 0 bridgehead atoms. The van der Waals surface area contributed by atoms with Gasteiger partial charge in [0.1, 0.15) is 4.60 Å². The smallest absolute Gasteiger partial charge is 0.397 e. The highest BCUT2D eigenvalue weighted by Gasteiger charge is 2.17. The maximum Gasteiger partial charge on any atom is 0.397 e. The fraction of sp³-hybridized carbons (Fsp3) is 0.417. The molecule has 1 aromatic heterocycles. The predicted molar refractivity (Wildman–Crippen MR) is 76.0 cm³/mol. The van der Waals surface area contributed by atoms with Crippen molar-refractivity contribution in [2.45, 2.75) is 26.8 Å². The zero-order valence-electron chi connectivity index (χ0n) is 11.0. The van der Waals surface area contributed by atoms with Crippen LogP contribution in [0.25, 0.3) is 0 Å². The van der Waals surface area contributed by atoms with Gasteiger partial charge in [-0.2, -0.15) is 0 Å². The molecule has 0 radical (unpaired) electrons. The molecule has 7 heteroatoms. The SMILES string of the molecule is CCOC(=O)C(=O)Nc1cnc(Br)cc1NC(C)C. The number of esters is 1. The first kappa shape index (κ1) is 15.4. The Hall–Kier alpha value is -1.63. The predicted octanol–water partition coefficient (Wildman–Crippen LogP) is 2.17. The van der Waals surface area contributed by atoms with Crippen LogP contribution in [-0.2, 0) is 14.3 Å². The Morgan fingerprint density at radius 1 is 1.42 bits per heavy atom. The number of hydrogen-bond donors (Lipinski definition) is 2. The van der Waals surface area contributed by atoms with Crippen molar-refractivity contribution in [3.8, 4) is 0 Å². The zero-order valence-corrected chi connectivity index (χ0v) is 12.6. The van der Waals surface area contributed by atoms with Gasteiger partial charge in [-0.25, -0.2) is 9.78 Å². The molecular formula is C12H16BrN3O3. The van der Waals surface area contributed by atoms with Crippen LogP contribution in [0.15, 0.2) is 16.9 Å². The van der Waals surface area contributed by atoms with Gasteiger partial charge in [-0.15, -0.1) is 0 Å². The molecule has 6 nitrogen and oxygen atoms in total. The molecule has 1 heterocycles. The summed E-state index contributed by atoms with van der Waals surface area (Å²) in [6.45, 7) is 5.72. The van der Waals surface area contributed by atoms with Gasteiger partial charge in [-0.1, -0.05) is 0 Å². The van der Waals surface area contributed by atoms with Gasteiger partial charge in [0.05, 0.1) is 24.2 Å². The summed E-state index contributed by atoms with van der Waals surface area (Å²) in [6, 6.07) is 1.90. The van der Waals surface area contributed by atoms with Crippen molar-refractivity contribution in [2.24, 2.45) is 0 Å². The lowest BCUT2D eigenvalue weighted by Gasteiger charge is -2.15. The van der Waals surface area contributed by atoms with Crippen molar-refractivity contribution in [1.82, 2.24) is 4.98 Å². The summed E-state index contributed by atoms with van der Waals surface area (Å²) in [5.41, 5.74) is 1.10. The normalized spacial score (nSPS) is 10.2. The molecule has 0 saturated carbocycles. The largest absolute Gasteiger partial charge is 0.459 e. The van der Waals surface area contributed by atoms with E-state index in [-0.39, 0.29) is 12.6 Å².